The summed E-state index contributed by atoms with van der Waals surface area (Å²) in [5.74, 6) is -0.270. The smallest absolute Gasteiger partial charge is 0.225 e. The number of hydrogen-bond donors (Lipinski definition) is 3. The summed E-state index contributed by atoms with van der Waals surface area (Å²) in [7, 11) is 0. The van der Waals surface area contributed by atoms with E-state index in [0.717, 1.165) is 5.56 Å². The van der Waals surface area contributed by atoms with Crippen LogP contribution in [-0.4, -0.2) is 23.7 Å². The van der Waals surface area contributed by atoms with Gasteiger partial charge in [0.25, 0.3) is 0 Å². The van der Waals surface area contributed by atoms with Crippen LogP contribution in [0.1, 0.15) is 32.4 Å². The molecular weight excluding hydrogens is 240 g/mol. The summed E-state index contributed by atoms with van der Waals surface area (Å²) in [6, 6.07) is 9.00. The fraction of sp³-hybridized carbons (Fsp3) is 0.533. The van der Waals surface area contributed by atoms with Crippen LogP contribution >= 0.6 is 0 Å². The number of carbonyl (C=O) groups is 1. The molecule has 0 spiro atoms. The van der Waals surface area contributed by atoms with Crippen LogP contribution in [0.4, 0.5) is 0 Å². The van der Waals surface area contributed by atoms with Crippen molar-refractivity contribution in [3.05, 3.63) is 35.9 Å². The number of amides is 1. The maximum Gasteiger partial charge on any atom is 0.225 e. The van der Waals surface area contributed by atoms with Gasteiger partial charge in [-0.2, -0.15) is 0 Å². The van der Waals surface area contributed by atoms with Crippen molar-refractivity contribution >= 4 is 5.91 Å². The third-order valence-corrected chi connectivity index (χ3v) is 3.47. The van der Waals surface area contributed by atoms with Gasteiger partial charge in [0.05, 0.1) is 18.6 Å². The first kappa shape index (κ1) is 15.7. The first-order valence-electron chi connectivity index (χ1n) is 6.69. The highest BCUT2D eigenvalue weighted by Crippen LogP contribution is 2.19. The first-order valence-corrected chi connectivity index (χ1v) is 6.69. The molecule has 4 heteroatoms. The zero-order valence-electron chi connectivity index (χ0n) is 11.8. The topological polar surface area (TPSA) is 75.3 Å². The molecule has 1 aromatic rings. The molecule has 0 radical (unpaired) electrons. The number of hydrogen-bond acceptors (Lipinski definition) is 3. The summed E-state index contributed by atoms with van der Waals surface area (Å²) in [5, 5.41) is 12.1. The number of aliphatic hydroxyl groups excluding tert-OH is 1. The summed E-state index contributed by atoms with van der Waals surface area (Å²) >= 11 is 0. The van der Waals surface area contributed by atoms with Crippen molar-refractivity contribution in [1.29, 1.82) is 0 Å². The maximum atomic E-state index is 12.1. The molecule has 0 aliphatic heterocycles. The van der Waals surface area contributed by atoms with Crippen LogP contribution in [0.15, 0.2) is 30.3 Å². The molecule has 0 fully saturated rings. The fourth-order valence-electron chi connectivity index (χ4n) is 1.86. The lowest BCUT2D eigenvalue weighted by Gasteiger charge is -2.25. The van der Waals surface area contributed by atoms with Crippen molar-refractivity contribution in [1.82, 2.24) is 5.32 Å². The second-order valence-corrected chi connectivity index (χ2v) is 5.27. The van der Waals surface area contributed by atoms with Gasteiger partial charge in [-0.05, 0) is 11.5 Å². The summed E-state index contributed by atoms with van der Waals surface area (Å²) in [5.41, 5.74) is 7.05. The summed E-state index contributed by atoms with van der Waals surface area (Å²) in [6.45, 7) is 5.67. The van der Waals surface area contributed by atoms with E-state index in [4.69, 9.17) is 5.73 Å². The summed E-state index contributed by atoms with van der Waals surface area (Å²) in [4.78, 5) is 12.1. The SMILES string of the molecule is CC(C)C(CO)NC(=O)C(C)C(N)c1ccccc1. The van der Waals surface area contributed by atoms with Crippen LogP contribution in [-0.2, 0) is 4.79 Å². The predicted molar refractivity (Wildman–Crippen MR) is 76.4 cm³/mol. The molecule has 0 saturated carbocycles. The zero-order chi connectivity index (χ0) is 14.4. The minimum Gasteiger partial charge on any atom is -0.394 e. The van der Waals surface area contributed by atoms with Gasteiger partial charge in [0.1, 0.15) is 0 Å². The van der Waals surface area contributed by atoms with Crippen LogP contribution in [0.3, 0.4) is 0 Å². The average molecular weight is 264 g/mol. The van der Waals surface area contributed by atoms with E-state index >= 15 is 0 Å². The van der Waals surface area contributed by atoms with Gasteiger partial charge in [-0.1, -0.05) is 51.1 Å². The van der Waals surface area contributed by atoms with Crippen molar-refractivity contribution in [2.45, 2.75) is 32.9 Å². The number of aliphatic hydroxyl groups is 1. The van der Waals surface area contributed by atoms with E-state index in [2.05, 4.69) is 5.32 Å². The molecule has 0 saturated heterocycles. The Balaban J connectivity index is 2.66. The van der Waals surface area contributed by atoms with E-state index in [1.165, 1.54) is 0 Å². The molecule has 1 amide bonds. The van der Waals surface area contributed by atoms with Gasteiger partial charge in [-0.3, -0.25) is 4.79 Å². The minimum absolute atomic E-state index is 0.0588. The van der Waals surface area contributed by atoms with Crippen molar-refractivity contribution in [3.63, 3.8) is 0 Å². The van der Waals surface area contributed by atoms with E-state index in [-0.39, 0.29) is 36.4 Å². The molecule has 1 aromatic carbocycles. The lowest BCUT2D eigenvalue weighted by Crippen LogP contribution is -2.45. The Morgan fingerprint density at radius 3 is 2.32 bits per heavy atom. The number of benzene rings is 1. The van der Waals surface area contributed by atoms with E-state index in [9.17, 15) is 9.90 Å². The fourth-order valence-corrected chi connectivity index (χ4v) is 1.86. The predicted octanol–water partition coefficient (Wildman–Crippen LogP) is 1.46. The van der Waals surface area contributed by atoms with E-state index in [0.29, 0.717) is 0 Å². The Morgan fingerprint density at radius 1 is 1.26 bits per heavy atom. The highest BCUT2D eigenvalue weighted by molar-refractivity contribution is 5.79. The van der Waals surface area contributed by atoms with E-state index in [1.807, 2.05) is 51.1 Å². The number of rotatable bonds is 6. The molecule has 1 rings (SSSR count). The van der Waals surface area contributed by atoms with Gasteiger partial charge in [-0.25, -0.2) is 0 Å². The average Bonchev–Trinajstić information content (AvgIpc) is 2.43. The van der Waals surface area contributed by atoms with Gasteiger partial charge in [0.15, 0.2) is 0 Å². The molecule has 4 nitrogen and oxygen atoms in total. The molecular formula is C15H24N2O2. The lowest BCUT2D eigenvalue weighted by molar-refractivity contribution is -0.126. The van der Waals surface area contributed by atoms with Crippen molar-refractivity contribution < 1.29 is 9.90 Å². The van der Waals surface area contributed by atoms with Crippen molar-refractivity contribution in [2.75, 3.05) is 6.61 Å². The Labute approximate surface area is 115 Å². The molecule has 106 valence electrons. The molecule has 0 heterocycles. The lowest BCUT2D eigenvalue weighted by atomic mass is 9.94. The Hall–Kier alpha value is -1.39. The number of nitrogens with one attached hydrogen (secondary N) is 1. The summed E-state index contributed by atoms with van der Waals surface area (Å²) in [6.07, 6.45) is 0. The minimum atomic E-state index is -0.340. The molecule has 19 heavy (non-hydrogen) atoms. The monoisotopic (exact) mass is 264 g/mol. The molecule has 3 atom stereocenters. The second-order valence-electron chi connectivity index (χ2n) is 5.27. The van der Waals surface area contributed by atoms with Crippen LogP contribution in [0.25, 0.3) is 0 Å². The Bertz CT molecular complexity index is 392. The molecule has 0 aliphatic rings. The number of nitrogens with two attached hydrogens (primary N) is 1. The van der Waals surface area contributed by atoms with E-state index in [1.54, 1.807) is 0 Å². The van der Waals surface area contributed by atoms with Gasteiger partial charge in [0, 0.05) is 6.04 Å². The molecule has 4 N–H and O–H groups in total. The van der Waals surface area contributed by atoms with Crippen LogP contribution in [0.5, 0.6) is 0 Å². The van der Waals surface area contributed by atoms with Crippen LogP contribution in [0.2, 0.25) is 0 Å². The van der Waals surface area contributed by atoms with Gasteiger partial charge in [0.2, 0.25) is 5.91 Å². The third-order valence-electron chi connectivity index (χ3n) is 3.47. The maximum absolute atomic E-state index is 12.1. The van der Waals surface area contributed by atoms with Crippen LogP contribution in [0, 0.1) is 11.8 Å². The third kappa shape index (κ3) is 4.33. The highest BCUT2D eigenvalue weighted by atomic mass is 16.3. The first-order chi connectivity index (χ1) is 8.97. The largest absolute Gasteiger partial charge is 0.394 e. The summed E-state index contributed by atoms with van der Waals surface area (Å²) < 4.78 is 0. The van der Waals surface area contributed by atoms with Crippen molar-refractivity contribution in [2.24, 2.45) is 17.6 Å². The number of carbonyl (C=O) groups excluding carboxylic acids is 1. The normalized spacial score (nSPS) is 15.9. The zero-order valence-corrected chi connectivity index (χ0v) is 11.8. The van der Waals surface area contributed by atoms with Gasteiger partial charge >= 0.3 is 0 Å². The van der Waals surface area contributed by atoms with Crippen molar-refractivity contribution in [3.8, 4) is 0 Å². The standard InChI is InChI=1S/C15H24N2O2/c1-10(2)13(9-18)17-15(19)11(3)14(16)12-7-5-4-6-8-12/h4-8,10-11,13-14,18H,9,16H2,1-3H3,(H,17,19). The highest BCUT2D eigenvalue weighted by Gasteiger charge is 2.24. The van der Waals surface area contributed by atoms with Gasteiger partial charge in [-0.15, -0.1) is 0 Å². The molecule has 3 unspecified atom stereocenters. The van der Waals surface area contributed by atoms with E-state index < -0.39 is 0 Å². The van der Waals surface area contributed by atoms with Gasteiger partial charge < -0.3 is 16.2 Å². The molecule has 0 aliphatic carbocycles. The Morgan fingerprint density at radius 2 is 1.84 bits per heavy atom. The second kappa shape index (κ2) is 7.26. The quantitative estimate of drug-likeness (QED) is 0.728. The molecule has 0 bridgehead atoms. The Kier molecular flexibility index (Phi) is 5.99. The van der Waals surface area contributed by atoms with Crippen LogP contribution < -0.4 is 11.1 Å². The molecule has 0 aromatic heterocycles.